The SMILES string of the molecule is CCCCCCCCCCCCCCCC(=O)NS(=O)(=O)CCCC(=O)NCCOCCOCC(=O)NCCCC[C@H](CC(=O)C(C)(C)CC(=O)C(C)(C)CC(=O)C(C)(C)NC(=O)[C@@H]([NH])Cc1cnc[nH]1)C(=O)O. The Hall–Kier alpha value is -4.60. The highest BCUT2D eigenvalue weighted by Gasteiger charge is 2.41. The van der Waals surface area contributed by atoms with E-state index in [9.17, 15) is 51.9 Å². The highest BCUT2D eigenvalue weighted by atomic mass is 32.2. The number of ketones is 3. The number of carbonyl (C=O) groups is 8. The van der Waals surface area contributed by atoms with Crippen LogP contribution < -0.4 is 26.4 Å². The van der Waals surface area contributed by atoms with Gasteiger partial charge in [-0.15, -0.1) is 0 Å². The van der Waals surface area contributed by atoms with Crippen LogP contribution in [0.4, 0.5) is 0 Å². The average Bonchev–Trinajstić information content (AvgIpc) is 3.83. The number of nitrogens with one attached hydrogen (secondary N) is 6. The summed E-state index contributed by atoms with van der Waals surface area (Å²) in [6.45, 7) is 12.2. The van der Waals surface area contributed by atoms with E-state index in [1.807, 2.05) is 0 Å². The van der Waals surface area contributed by atoms with Crippen LogP contribution in [0.2, 0.25) is 0 Å². The number of hydrogen-bond donors (Lipinski definition) is 6. The van der Waals surface area contributed by atoms with Crippen LogP contribution in [-0.2, 0) is 64.3 Å². The third kappa shape index (κ3) is 31.3. The van der Waals surface area contributed by atoms with Crippen LogP contribution in [0.25, 0.3) is 0 Å². The van der Waals surface area contributed by atoms with Crippen molar-refractivity contribution in [2.75, 3.05) is 45.3 Å². The molecule has 1 aromatic rings. The summed E-state index contributed by atoms with van der Waals surface area (Å²) in [7, 11) is -3.83. The van der Waals surface area contributed by atoms with Crippen LogP contribution in [0, 0.1) is 16.7 Å². The first-order chi connectivity index (χ1) is 34.8. The zero-order chi connectivity index (χ0) is 55.6. The molecule has 0 fully saturated rings. The Balaban J connectivity index is 2.21. The van der Waals surface area contributed by atoms with Gasteiger partial charge < -0.3 is 35.5 Å². The molecular weight excluding hydrogens is 975 g/mol. The second-order valence-corrected chi connectivity index (χ2v) is 23.2. The zero-order valence-corrected chi connectivity index (χ0v) is 46.5. The second-order valence-electron chi connectivity index (χ2n) is 21.4. The van der Waals surface area contributed by atoms with Crippen molar-refractivity contribution in [1.82, 2.24) is 36.4 Å². The number of carboxylic acids is 1. The van der Waals surface area contributed by atoms with Crippen molar-refractivity contribution in [2.45, 2.75) is 208 Å². The minimum Gasteiger partial charge on any atom is -0.481 e. The Morgan fingerprint density at radius 2 is 1.23 bits per heavy atom. The van der Waals surface area contributed by atoms with Gasteiger partial charge in [-0.1, -0.05) is 118 Å². The molecule has 21 heteroatoms. The number of carbonyl (C=O) groups excluding carboxylic acids is 7. The Kier molecular flexibility index (Phi) is 33.2. The number of aliphatic carboxylic acids is 1. The normalized spacial score (nSPS) is 12.9. The number of ether oxygens (including phenoxy) is 2. The van der Waals surface area contributed by atoms with E-state index in [0.29, 0.717) is 25.0 Å². The quantitative estimate of drug-likeness (QED) is 0.0392. The fraction of sp³-hybridized carbons (Fsp3) is 0.792. The van der Waals surface area contributed by atoms with Gasteiger partial charge in [0.05, 0.1) is 43.4 Å². The number of aromatic nitrogens is 2. The third-order valence-corrected chi connectivity index (χ3v) is 14.4. The average molecular weight is 1070 g/mol. The number of carboxylic acid groups (broad SMARTS) is 1. The smallest absolute Gasteiger partial charge is 0.306 e. The minimum absolute atomic E-state index is 0.0324. The number of H-pyrrole nitrogens is 1. The van der Waals surface area contributed by atoms with Gasteiger partial charge >= 0.3 is 5.97 Å². The van der Waals surface area contributed by atoms with E-state index in [1.54, 1.807) is 27.7 Å². The molecule has 0 spiro atoms. The molecule has 1 aromatic heterocycles. The van der Waals surface area contributed by atoms with E-state index in [4.69, 9.17) is 15.2 Å². The van der Waals surface area contributed by atoms with Crippen molar-refractivity contribution in [2.24, 2.45) is 16.7 Å². The number of hydrogen-bond acceptors (Lipinski definition) is 13. The van der Waals surface area contributed by atoms with Gasteiger partial charge in [-0.05, 0) is 39.5 Å². The van der Waals surface area contributed by atoms with Gasteiger partial charge in [-0.2, -0.15) is 0 Å². The first-order valence-corrected chi connectivity index (χ1v) is 28.5. The summed E-state index contributed by atoms with van der Waals surface area (Å²) in [6.07, 6.45) is 18.7. The van der Waals surface area contributed by atoms with Crippen molar-refractivity contribution < 1.29 is 61.4 Å². The summed E-state index contributed by atoms with van der Waals surface area (Å²) in [5.41, 5.74) is 4.96. The van der Waals surface area contributed by atoms with E-state index in [1.165, 1.54) is 84.2 Å². The van der Waals surface area contributed by atoms with E-state index < -0.39 is 67.7 Å². The molecule has 74 heavy (non-hydrogen) atoms. The van der Waals surface area contributed by atoms with Crippen LogP contribution in [0.15, 0.2) is 12.5 Å². The molecule has 1 rings (SSSR count). The summed E-state index contributed by atoms with van der Waals surface area (Å²) in [4.78, 5) is 108. The molecule has 423 valence electrons. The first kappa shape index (κ1) is 67.4. The summed E-state index contributed by atoms with van der Waals surface area (Å²) < 4.78 is 37.5. The number of imidazole rings is 1. The molecule has 0 bridgehead atoms. The predicted molar refractivity (Wildman–Crippen MR) is 282 cm³/mol. The maximum atomic E-state index is 13.5. The fourth-order valence-corrected chi connectivity index (χ4v) is 9.05. The lowest BCUT2D eigenvalue weighted by Gasteiger charge is -2.33. The highest BCUT2D eigenvalue weighted by molar-refractivity contribution is 7.90. The topological polar surface area (TPSA) is 310 Å². The summed E-state index contributed by atoms with van der Waals surface area (Å²) in [5.74, 6) is -5.63. The van der Waals surface area contributed by atoms with Gasteiger partial charge in [0.15, 0.2) is 5.78 Å². The largest absolute Gasteiger partial charge is 0.481 e. The van der Waals surface area contributed by atoms with E-state index in [2.05, 4.69) is 37.6 Å². The maximum Gasteiger partial charge on any atom is 0.306 e. The molecule has 0 unspecified atom stereocenters. The van der Waals surface area contributed by atoms with E-state index in [0.717, 1.165) is 19.3 Å². The maximum absolute atomic E-state index is 13.5. The summed E-state index contributed by atoms with van der Waals surface area (Å²) >= 11 is 0. The molecule has 0 aliphatic carbocycles. The Morgan fingerprint density at radius 3 is 1.82 bits per heavy atom. The van der Waals surface area contributed by atoms with Gasteiger partial charge in [0, 0.05) is 74.3 Å². The molecular formula is C53H92N7O13S. The lowest BCUT2D eigenvalue weighted by atomic mass is 9.71. The van der Waals surface area contributed by atoms with Gasteiger partial charge in [-0.3, -0.25) is 43.1 Å². The number of nitrogens with zero attached hydrogens (tertiary/aromatic N) is 1. The number of sulfonamides is 1. The molecule has 0 aromatic carbocycles. The van der Waals surface area contributed by atoms with Crippen molar-refractivity contribution >= 4 is 57.0 Å². The molecule has 0 saturated carbocycles. The predicted octanol–water partition coefficient (Wildman–Crippen LogP) is 6.27. The van der Waals surface area contributed by atoms with E-state index >= 15 is 0 Å². The van der Waals surface area contributed by atoms with Crippen LogP contribution in [0.5, 0.6) is 0 Å². The van der Waals surface area contributed by atoms with E-state index in [-0.39, 0.29) is 114 Å². The van der Waals surface area contributed by atoms with Crippen LogP contribution in [0.3, 0.4) is 0 Å². The first-order valence-electron chi connectivity index (χ1n) is 26.9. The van der Waals surface area contributed by atoms with Gasteiger partial charge in [0.1, 0.15) is 24.2 Å². The summed E-state index contributed by atoms with van der Waals surface area (Å²) in [5, 5.41) is 17.8. The highest BCUT2D eigenvalue weighted by Crippen LogP contribution is 2.34. The molecule has 1 heterocycles. The molecule has 0 saturated heterocycles. The lowest BCUT2D eigenvalue weighted by Crippen LogP contribution is -2.54. The Labute approximate surface area is 441 Å². The lowest BCUT2D eigenvalue weighted by molar-refractivity contribution is -0.146. The number of amides is 4. The van der Waals surface area contributed by atoms with Crippen molar-refractivity contribution in [3.8, 4) is 0 Å². The Morgan fingerprint density at radius 1 is 0.676 bits per heavy atom. The van der Waals surface area contributed by atoms with Crippen LogP contribution in [0.1, 0.15) is 195 Å². The summed E-state index contributed by atoms with van der Waals surface area (Å²) in [6, 6.07) is -1.19. The molecule has 20 nitrogen and oxygen atoms in total. The molecule has 0 aliphatic heterocycles. The van der Waals surface area contributed by atoms with Gasteiger partial charge in [0.2, 0.25) is 33.7 Å². The van der Waals surface area contributed by atoms with Crippen molar-refractivity contribution in [1.29, 1.82) is 0 Å². The van der Waals surface area contributed by atoms with Gasteiger partial charge in [-0.25, -0.2) is 19.1 Å². The number of aromatic amines is 1. The third-order valence-electron chi connectivity index (χ3n) is 13.0. The standard InChI is InChI=1S/C53H92N7O13S/c1-8-9-10-11-12-13-14-15-16-17-18-19-20-25-47(65)60-74(70,71)32-23-26-46(64)57-28-29-72-30-31-73-38-48(66)56-27-22-21-24-40(50(68)69)33-43(61)51(2,3)35-44(62)52(4,5)36-45(63)53(6,7)59-49(67)42(54)34-41-37-55-39-58-41/h37,39-40,42,54H,8-36,38H2,1-7H3,(H,55,58)(H,56,66)(H,57,64)(H,59,67)(H,60,65)(H,68,69)/t40-,42+/m1/s1. The number of Topliss-reactive ketones (excluding diaryl/α,β-unsaturated/α-hetero) is 3. The molecule has 7 N–H and O–H groups in total. The van der Waals surface area contributed by atoms with Crippen molar-refractivity contribution in [3.63, 3.8) is 0 Å². The number of rotatable bonds is 46. The van der Waals surface area contributed by atoms with Crippen molar-refractivity contribution in [3.05, 3.63) is 18.2 Å². The molecule has 2 atom stereocenters. The minimum atomic E-state index is -3.83. The van der Waals surface area contributed by atoms with Crippen LogP contribution >= 0.6 is 0 Å². The Bertz CT molecular complexity index is 1970. The number of unbranched alkanes of at least 4 members (excludes halogenated alkanes) is 13. The second kappa shape index (κ2) is 36.4. The molecule has 0 aliphatic rings. The zero-order valence-electron chi connectivity index (χ0n) is 45.7. The fourth-order valence-electron chi connectivity index (χ4n) is 7.98. The monoisotopic (exact) mass is 1070 g/mol. The molecule has 1 radical (unpaired) electrons. The molecule has 4 amide bonds. The van der Waals surface area contributed by atoms with Crippen LogP contribution in [-0.4, -0.2) is 127 Å². The van der Waals surface area contributed by atoms with Gasteiger partial charge in [0.25, 0.3) is 0 Å².